The third-order valence-electron chi connectivity index (χ3n) is 2.22. The lowest BCUT2D eigenvalue weighted by Crippen LogP contribution is -2.12. The zero-order valence-electron chi connectivity index (χ0n) is 8.21. The van der Waals surface area contributed by atoms with Crippen molar-refractivity contribution in [2.75, 3.05) is 0 Å². The Morgan fingerprint density at radius 2 is 1.92 bits per heavy atom. The maximum Gasteiger partial charge on any atom is 0.217 e. The molecule has 0 fully saturated rings. The number of nitrogens with zero attached hydrogens (tertiary/aromatic N) is 1. The number of hydrogen-bond donors (Lipinski definition) is 1. The van der Waals surface area contributed by atoms with Gasteiger partial charge in [-0.25, -0.2) is 0 Å². The molecule has 0 aromatic carbocycles. The largest absolute Gasteiger partial charge is 0.370 e. The van der Waals surface area contributed by atoms with Crippen LogP contribution in [0.15, 0.2) is 12.1 Å². The van der Waals surface area contributed by atoms with Crippen LogP contribution in [0.1, 0.15) is 24.2 Å². The van der Waals surface area contributed by atoms with Crippen molar-refractivity contribution in [3.63, 3.8) is 0 Å². The summed E-state index contributed by atoms with van der Waals surface area (Å²) < 4.78 is 2.20. The second kappa shape index (κ2) is 4.12. The standard InChI is InChI=1S/C10H16N2O/c1-8-5-6-9(2)12(8)7-3-4-10(11)13/h5-6H,3-4,7H2,1-2H3,(H2,11,13). The molecule has 0 saturated carbocycles. The first-order valence-corrected chi connectivity index (χ1v) is 4.52. The van der Waals surface area contributed by atoms with Crippen LogP contribution in [0.25, 0.3) is 0 Å². The number of rotatable bonds is 4. The maximum absolute atomic E-state index is 10.5. The molecule has 3 nitrogen and oxygen atoms in total. The fourth-order valence-corrected chi connectivity index (χ4v) is 1.46. The molecule has 72 valence electrons. The van der Waals surface area contributed by atoms with Crippen molar-refractivity contribution < 1.29 is 4.79 Å². The smallest absolute Gasteiger partial charge is 0.217 e. The summed E-state index contributed by atoms with van der Waals surface area (Å²) in [6.45, 7) is 5.02. The van der Waals surface area contributed by atoms with Gasteiger partial charge in [0.15, 0.2) is 0 Å². The van der Waals surface area contributed by atoms with Gasteiger partial charge in [-0.3, -0.25) is 4.79 Å². The summed E-state index contributed by atoms with van der Waals surface area (Å²) in [6, 6.07) is 4.17. The topological polar surface area (TPSA) is 48.0 Å². The van der Waals surface area contributed by atoms with E-state index in [1.165, 1.54) is 11.4 Å². The molecule has 0 spiro atoms. The van der Waals surface area contributed by atoms with Crippen LogP contribution in [0.3, 0.4) is 0 Å². The highest BCUT2D eigenvalue weighted by Gasteiger charge is 2.01. The first-order valence-electron chi connectivity index (χ1n) is 4.52. The number of nitrogens with two attached hydrogens (primary N) is 1. The van der Waals surface area contributed by atoms with E-state index in [9.17, 15) is 4.79 Å². The van der Waals surface area contributed by atoms with Crippen LogP contribution in [0, 0.1) is 13.8 Å². The summed E-state index contributed by atoms with van der Waals surface area (Å²) in [5.74, 6) is -0.220. The number of aromatic nitrogens is 1. The average molecular weight is 180 g/mol. The molecule has 1 rings (SSSR count). The van der Waals surface area contributed by atoms with Crippen molar-refractivity contribution >= 4 is 5.91 Å². The van der Waals surface area contributed by atoms with E-state index in [1.54, 1.807) is 0 Å². The third-order valence-corrected chi connectivity index (χ3v) is 2.22. The number of carbonyl (C=O) groups excluding carboxylic acids is 1. The molecule has 1 amide bonds. The summed E-state index contributed by atoms with van der Waals surface area (Å²) >= 11 is 0. The number of primary amides is 1. The third kappa shape index (κ3) is 2.61. The highest BCUT2D eigenvalue weighted by atomic mass is 16.1. The molecule has 0 unspecified atom stereocenters. The van der Waals surface area contributed by atoms with E-state index in [4.69, 9.17) is 5.73 Å². The minimum Gasteiger partial charge on any atom is -0.370 e. The normalized spacial score (nSPS) is 10.3. The Kier molecular flexibility index (Phi) is 3.12. The van der Waals surface area contributed by atoms with Crippen LogP contribution >= 0.6 is 0 Å². The van der Waals surface area contributed by atoms with Gasteiger partial charge in [-0.2, -0.15) is 0 Å². The molecule has 1 aromatic heterocycles. The highest BCUT2D eigenvalue weighted by molar-refractivity contribution is 5.73. The molecule has 0 aliphatic heterocycles. The highest BCUT2D eigenvalue weighted by Crippen LogP contribution is 2.08. The second-order valence-corrected chi connectivity index (χ2v) is 3.34. The van der Waals surface area contributed by atoms with Crippen LogP contribution in [-0.2, 0) is 11.3 Å². The van der Waals surface area contributed by atoms with Gasteiger partial charge in [0.1, 0.15) is 0 Å². The predicted molar refractivity (Wildman–Crippen MR) is 52.3 cm³/mol. The Balaban J connectivity index is 2.49. The molecule has 2 N–H and O–H groups in total. The van der Waals surface area contributed by atoms with Gasteiger partial charge in [0, 0.05) is 24.4 Å². The molecule has 1 aromatic rings. The fraction of sp³-hybridized carbons (Fsp3) is 0.500. The Morgan fingerprint density at radius 3 is 2.38 bits per heavy atom. The number of amides is 1. The predicted octanol–water partition coefficient (Wildman–Crippen LogP) is 1.37. The summed E-state index contributed by atoms with van der Waals surface area (Å²) in [6.07, 6.45) is 1.29. The van der Waals surface area contributed by atoms with Gasteiger partial charge in [-0.15, -0.1) is 0 Å². The second-order valence-electron chi connectivity index (χ2n) is 3.34. The first-order chi connectivity index (χ1) is 6.11. The van der Waals surface area contributed by atoms with Crippen LogP contribution in [-0.4, -0.2) is 10.5 Å². The van der Waals surface area contributed by atoms with E-state index < -0.39 is 0 Å². The van der Waals surface area contributed by atoms with Crippen LogP contribution in [0.2, 0.25) is 0 Å². The van der Waals surface area contributed by atoms with E-state index in [2.05, 4.69) is 30.5 Å². The molecule has 0 bridgehead atoms. The van der Waals surface area contributed by atoms with Gasteiger partial charge >= 0.3 is 0 Å². The Bertz CT molecular complexity index is 282. The van der Waals surface area contributed by atoms with E-state index in [0.29, 0.717) is 6.42 Å². The molecule has 0 atom stereocenters. The van der Waals surface area contributed by atoms with Crippen molar-refractivity contribution in [3.8, 4) is 0 Å². The summed E-state index contributed by atoms with van der Waals surface area (Å²) in [5, 5.41) is 0. The molecular formula is C10H16N2O. The lowest BCUT2D eigenvalue weighted by molar-refractivity contribution is -0.118. The molecular weight excluding hydrogens is 164 g/mol. The number of hydrogen-bond acceptors (Lipinski definition) is 1. The van der Waals surface area contributed by atoms with Crippen molar-refractivity contribution in [1.29, 1.82) is 0 Å². The number of aryl methyl sites for hydroxylation is 2. The van der Waals surface area contributed by atoms with Gasteiger partial charge in [0.25, 0.3) is 0 Å². The average Bonchev–Trinajstić information content (AvgIpc) is 2.34. The van der Waals surface area contributed by atoms with Crippen LogP contribution in [0.5, 0.6) is 0 Å². The van der Waals surface area contributed by atoms with E-state index >= 15 is 0 Å². The SMILES string of the molecule is Cc1ccc(C)n1CCCC(N)=O. The van der Waals surface area contributed by atoms with E-state index in [1.807, 2.05) is 0 Å². The van der Waals surface area contributed by atoms with Crippen LogP contribution < -0.4 is 5.73 Å². The van der Waals surface area contributed by atoms with E-state index in [0.717, 1.165) is 13.0 Å². The lowest BCUT2D eigenvalue weighted by atomic mass is 10.3. The zero-order chi connectivity index (χ0) is 9.84. The summed E-state index contributed by atoms with van der Waals surface area (Å²) in [5.41, 5.74) is 7.54. The monoisotopic (exact) mass is 180 g/mol. The molecule has 13 heavy (non-hydrogen) atoms. The van der Waals surface area contributed by atoms with Gasteiger partial charge < -0.3 is 10.3 Å². The minimum atomic E-state index is -0.220. The first kappa shape index (κ1) is 9.84. The van der Waals surface area contributed by atoms with Gasteiger partial charge in [0.2, 0.25) is 5.91 Å². The van der Waals surface area contributed by atoms with E-state index in [-0.39, 0.29) is 5.91 Å². The van der Waals surface area contributed by atoms with Gasteiger partial charge in [0.05, 0.1) is 0 Å². The summed E-state index contributed by atoms with van der Waals surface area (Å²) in [4.78, 5) is 10.5. The van der Waals surface area contributed by atoms with Crippen molar-refractivity contribution in [1.82, 2.24) is 4.57 Å². The maximum atomic E-state index is 10.5. The molecule has 0 aliphatic rings. The summed E-state index contributed by atoms with van der Waals surface area (Å²) in [7, 11) is 0. The Morgan fingerprint density at radius 1 is 1.38 bits per heavy atom. The number of carbonyl (C=O) groups is 1. The van der Waals surface area contributed by atoms with Gasteiger partial charge in [-0.1, -0.05) is 0 Å². The minimum absolute atomic E-state index is 0.220. The quantitative estimate of drug-likeness (QED) is 0.747. The molecule has 0 radical (unpaired) electrons. The van der Waals surface area contributed by atoms with Crippen LogP contribution in [0.4, 0.5) is 0 Å². The lowest BCUT2D eigenvalue weighted by Gasteiger charge is -2.07. The zero-order valence-corrected chi connectivity index (χ0v) is 8.21. The van der Waals surface area contributed by atoms with Crippen molar-refractivity contribution in [2.24, 2.45) is 5.73 Å². The molecule has 3 heteroatoms. The Labute approximate surface area is 78.5 Å². The molecule has 0 aliphatic carbocycles. The Hall–Kier alpha value is -1.25. The molecule has 1 heterocycles. The fourth-order valence-electron chi connectivity index (χ4n) is 1.46. The van der Waals surface area contributed by atoms with Gasteiger partial charge in [-0.05, 0) is 32.4 Å². The molecule has 0 saturated heterocycles. The van der Waals surface area contributed by atoms with Crippen molar-refractivity contribution in [2.45, 2.75) is 33.2 Å². The van der Waals surface area contributed by atoms with Crippen molar-refractivity contribution in [3.05, 3.63) is 23.5 Å².